The second kappa shape index (κ2) is 5.15. The van der Waals surface area contributed by atoms with E-state index in [1.807, 2.05) is 6.07 Å². The molecule has 26 heavy (non-hydrogen) atoms. The third-order valence-electron chi connectivity index (χ3n) is 4.57. The molecule has 2 aromatic carbocycles. The molecule has 3 aromatic rings. The van der Waals surface area contributed by atoms with E-state index in [1.165, 1.54) is 11.0 Å². The summed E-state index contributed by atoms with van der Waals surface area (Å²) in [5.41, 5.74) is 3.02. The Morgan fingerprint density at radius 3 is 2.73 bits per heavy atom. The van der Waals surface area contributed by atoms with Gasteiger partial charge in [-0.2, -0.15) is 0 Å². The van der Waals surface area contributed by atoms with Crippen LogP contribution >= 0.6 is 11.6 Å². The third kappa shape index (κ3) is 2.06. The second-order valence-electron chi connectivity index (χ2n) is 6.17. The van der Waals surface area contributed by atoms with Crippen molar-refractivity contribution in [3.63, 3.8) is 0 Å². The molecule has 5 rings (SSSR count). The lowest BCUT2D eigenvalue weighted by Gasteiger charge is -2.33. The van der Waals surface area contributed by atoms with Crippen LogP contribution in [-0.2, 0) is 21.2 Å². The van der Waals surface area contributed by atoms with Crippen molar-refractivity contribution in [1.82, 2.24) is 15.0 Å². The molecule has 9 heteroatoms. The Morgan fingerprint density at radius 2 is 1.92 bits per heavy atom. The lowest BCUT2D eigenvalue weighted by atomic mass is 10.0. The molecule has 0 aliphatic carbocycles. The maximum Gasteiger partial charge on any atom is 0.242 e. The Bertz CT molecular complexity index is 1200. The number of amides is 1. The zero-order valence-electron chi connectivity index (χ0n) is 13.3. The number of aromatic nitrogens is 3. The fourth-order valence-corrected chi connectivity index (χ4v) is 5.10. The molecular formula is C17H11ClN4O3S. The van der Waals surface area contributed by atoms with E-state index in [0.717, 1.165) is 0 Å². The number of benzene rings is 2. The molecule has 0 N–H and O–H groups in total. The number of hydrogen-bond acceptors (Lipinski definition) is 5. The number of halogens is 1. The van der Waals surface area contributed by atoms with Crippen LogP contribution in [0.1, 0.15) is 5.69 Å². The van der Waals surface area contributed by atoms with Crippen molar-refractivity contribution in [2.45, 2.75) is 11.4 Å². The van der Waals surface area contributed by atoms with Gasteiger partial charge in [0.15, 0.2) is 9.84 Å². The van der Waals surface area contributed by atoms with Crippen LogP contribution in [0.5, 0.6) is 0 Å². The van der Waals surface area contributed by atoms with Gasteiger partial charge in [-0.3, -0.25) is 4.79 Å². The molecule has 0 bridgehead atoms. The summed E-state index contributed by atoms with van der Waals surface area (Å²) in [4.78, 5) is 14.0. The Balaban J connectivity index is 1.82. The van der Waals surface area contributed by atoms with Crippen LogP contribution in [0.25, 0.3) is 16.9 Å². The van der Waals surface area contributed by atoms with Crippen molar-refractivity contribution in [2.75, 3.05) is 10.7 Å². The highest BCUT2D eigenvalue weighted by atomic mass is 35.5. The molecule has 7 nitrogen and oxygen atoms in total. The first kappa shape index (κ1) is 15.5. The summed E-state index contributed by atoms with van der Waals surface area (Å²) in [6.45, 7) is 0.189. The molecule has 0 saturated carbocycles. The average molecular weight is 387 g/mol. The molecule has 0 unspecified atom stereocenters. The molecule has 0 atom stereocenters. The number of para-hydroxylation sites is 1. The Kier molecular flexibility index (Phi) is 3.08. The molecule has 0 spiro atoms. The number of fused-ring (bicyclic) bond motifs is 2. The van der Waals surface area contributed by atoms with Crippen molar-refractivity contribution in [3.05, 3.63) is 53.2 Å². The highest BCUT2D eigenvalue weighted by Crippen LogP contribution is 2.45. The third-order valence-corrected chi connectivity index (χ3v) is 6.44. The number of sulfone groups is 1. The van der Waals surface area contributed by atoms with Crippen molar-refractivity contribution in [3.8, 4) is 16.9 Å². The molecule has 1 amide bonds. The zero-order valence-corrected chi connectivity index (χ0v) is 14.8. The van der Waals surface area contributed by atoms with Gasteiger partial charge in [0.05, 0.1) is 22.8 Å². The molecule has 1 aromatic heterocycles. The largest absolute Gasteiger partial charge is 0.303 e. The summed E-state index contributed by atoms with van der Waals surface area (Å²) in [7, 11) is -3.66. The van der Waals surface area contributed by atoms with Gasteiger partial charge in [-0.1, -0.05) is 35.0 Å². The maximum absolute atomic E-state index is 12.5. The van der Waals surface area contributed by atoms with Gasteiger partial charge in [0.2, 0.25) is 5.91 Å². The average Bonchev–Trinajstić information content (AvgIpc) is 3.03. The summed E-state index contributed by atoms with van der Waals surface area (Å²) < 4.78 is 26.6. The number of nitrogens with zero attached hydrogens (tertiary/aromatic N) is 4. The van der Waals surface area contributed by atoms with Crippen LogP contribution in [0.3, 0.4) is 0 Å². The van der Waals surface area contributed by atoms with E-state index in [1.54, 1.807) is 35.0 Å². The predicted octanol–water partition coefficient (Wildman–Crippen LogP) is 2.22. The highest BCUT2D eigenvalue weighted by molar-refractivity contribution is 7.92. The quantitative estimate of drug-likeness (QED) is 0.640. The minimum atomic E-state index is -3.66. The van der Waals surface area contributed by atoms with Crippen LogP contribution in [0.4, 0.5) is 5.69 Å². The van der Waals surface area contributed by atoms with Gasteiger partial charge in [0, 0.05) is 10.6 Å². The summed E-state index contributed by atoms with van der Waals surface area (Å²) in [6.07, 6.45) is 0. The fourth-order valence-electron chi connectivity index (χ4n) is 3.48. The first-order valence-electron chi connectivity index (χ1n) is 7.83. The smallest absolute Gasteiger partial charge is 0.242 e. The number of carbonyl (C=O) groups is 1. The lowest BCUT2D eigenvalue weighted by molar-refractivity contribution is -0.116. The molecule has 0 fully saturated rings. The van der Waals surface area contributed by atoms with E-state index in [0.29, 0.717) is 33.3 Å². The predicted molar refractivity (Wildman–Crippen MR) is 95.0 cm³/mol. The summed E-state index contributed by atoms with van der Waals surface area (Å²) in [5.74, 6) is -0.978. The van der Waals surface area contributed by atoms with E-state index in [4.69, 9.17) is 11.6 Å². The normalized spacial score (nSPS) is 17.0. The maximum atomic E-state index is 12.5. The monoisotopic (exact) mass is 386 g/mol. The number of hydrogen-bond donors (Lipinski definition) is 0. The van der Waals surface area contributed by atoms with Gasteiger partial charge in [0.25, 0.3) is 0 Å². The molecule has 0 saturated heterocycles. The minimum Gasteiger partial charge on any atom is -0.303 e. The lowest BCUT2D eigenvalue weighted by Crippen LogP contribution is -2.42. The standard InChI is InChI=1S/C17H11ClN4O3S/c18-10-3-1-4-11(7-10)22-16-12-5-2-6-14-17(12)21(8-13(16)19-20-22)15(23)9-26(14,24)25/h1-7H,8-9H2. The van der Waals surface area contributed by atoms with Crippen molar-refractivity contribution in [2.24, 2.45) is 0 Å². The van der Waals surface area contributed by atoms with Crippen LogP contribution < -0.4 is 4.90 Å². The highest BCUT2D eigenvalue weighted by Gasteiger charge is 2.41. The van der Waals surface area contributed by atoms with Gasteiger partial charge in [-0.25, -0.2) is 13.1 Å². The topological polar surface area (TPSA) is 85.2 Å². The molecule has 2 aliphatic rings. The molecule has 2 aliphatic heterocycles. The molecule has 130 valence electrons. The van der Waals surface area contributed by atoms with Crippen LogP contribution in [0.2, 0.25) is 5.02 Å². The zero-order chi connectivity index (χ0) is 18.1. The number of carbonyl (C=O) groups excluding carboxylic acids is 1. The van der Waals surface area contributed by atoms with Crippen molar-refractivity contribution in [1.29, 1.82) is 0 Å². The summed E-state index contributed by atoms with van der Waals surface area (Å²) >= 11 is 6.09. The Morgan fingerprint density at radius 1 is 1.12 bits per heavy atom. The second-order valence-corrected chi connectivity index (χ2v) is 8.56. The van der Waals surface area contributed by atoms with Gasteiger partial charge in [-0.15, -0.1) is 5.10 Å². The first-order valence-corrected chi connectivity index (χ1v) is 9.86. The first-order chi connectivity index (χ1) is 12.5. The Labute approximate surface area is 153 Å². The van der Waals surface area contributed by atoms with Crippen molar-refractivity contribution < 1.29 is 13.2 Å². The van der Waals surface area contributed by atoms with E-state index in [2.05, 4.69) is 10.3 Å². The van der Waals surface area contributed by atoms with E-state index in [9.17, 15) is 13.2 Å². The SMILES string of the molecule is O=C1CS(=O)(=O)c2cccc3c2N1Cc1nnn(-c2cccc(Cl)c2)c1-3. The van der Waals surface area contributed by atoms with Crippen LogP contribution in [-0.4, -0.2) is 35.1 Å². The fraction of sp³-hybridized carbons (Fsp3) is 0.118. The van der Waals surface area contributed by atoms with Gasteiger partial charge >= 0.3 is 0 Å². The van der Waals surface area contributed by atoms with E-state index >= 15 is 0 Å². The van der Waals surface area contributed by atoms with Gasteiger partial charge in [0.1, 0.15) is 17.1 Å². The van der Waals surface area contributed by atoms with Gasteiger partial charge in [-0.05, 0) is 24.3 Å². The molecule has 3 heterocycles. The van der Waals surface area contributed by atoms with Gasteiger partial charge < -0.3 is 4.90 Å². The van der Waals surface area contributed by atoms with E-state index in [-0.39, 0.29) is 11.4 Å². The summed E-state index contributed by atoms with van der Waals surface area (Å²) in [6, 6.07) is 12.1. The molecular weight excluding hydrogens is 376 g/mol. The van der Waals surface area contributed by atoms with Crippen LogP contribution in [0.15, 0.2) is 47.4 Å². The van der Waals surface area contributed by atoms with Crippen LogP contribution in [0, 0.1) is 0 Å². The number of rotatable bonds is 1. The number of anilines is 1. The summed E-state index contributed by atoms with van der Waals surface area (Å²) in [5, 5.41) is 8.97. The van der Waals surface area contributed by atoms with Crippen molar-refractivity contribution >= 4 is 33.0 Å². The Hall–Kier alpha value is -2.71. The minimum absolute atomic E-state index is 0.166. The van der Waals surface area contributed by atoms with E-state index < -0.39 is 21.5 Å². The molecule has 0 radical (unpaired) electrons.